The van der Waals surface area contributed by atoms with Gasteiger partial charge in [-0.2, -0.15) is 0 Å². The van der Waals surface area contributed by atoms with Crippen LogP contribution in [0.3, 0.4) is 0 Å². The minimum absolute atomic E-state index is 0.127. The lowest BCUT2D eigenvalue weighted by atomic mass is 9.97. The molecule has 312 valence electrons. The summed E-state index contributed by atoms with van der Waals surface area (Å²) in [5.41, 5.74) is 8.86. The van der Waals surface area contributed by atoms with Gasteiger partial charge in [0.05, 0.1) is 44.2 Å². The van der Waals surface area contributed by atoms with Crippen LogP contribution in [0.1, 0.15) is 90.0 Å². The van der Waals surface area contributed by atoms with Crippen molar-refractivity contribution in [1.82, 2.24) is 40.4 Å². The number of carbonyl (C=O) groups is 4. The highest BCUT2D eigenvalue weighted by Gasteiger charge is 2.32. The molecule has 0 aliphatic carbocycles. The number of aromatic nitrogens is 4. The van der Waals surface area contributed by atoms with Crippen molar-refractivity contribution in [2.75, 3.05) is 40.4 Å². The van der Waals surface area contributed by atoms with Crippen molar-refractivity contribution in [3.05, 3.63) is 78.0 Å². The Kier molecular flexibility index (Phi) is 17.0. The highest BCUT2D eigenvalue weighted by Crippen LogP contribution is 2.37. The lowest BCUT2D eigenvalue weighted by molar-refractivity contribution is -0.131. The van der Waals surface area contributed by atoms with Crippen LogP contribution in [0.25, 0.3) is 44.5 Å². The number of ether oxygens (including phenoxy) is 2. The van der Waals surface area contributed by atoms with Gasteiger partial charge in [0.1, 0.15) is 18.9 Å². The van der Waals surface area contributed by atoms with Crippen LogP contribution in [0.4, 0.5) is 9.59 Å². The number of nitrogens with one attached hydrogen (secondary N) is 5. The average Bonchev–Trinajstić information content (AvgIpc) is 4.06. The molecular formula is C44H60N8O6. The predicted molar refractivity (Wildman–Crippen MR) is 228 cm³/mol. The maximum atomic E-state index is 12.8. The molecule has 14 nitrogen and oxygen atoms in total. The van der Waals surface area contributed by atoms with E-state index in [1.54, 1.807) is 16.0 Å². The molecule has 0 radical (unpaired) electrons. The highest BCUT2D eigenvalue weighted by molar-refractivity contribution is 6.03. The van der Waals surface area contributed by atoms with Gasteiger partial charge in [0.25, 0.3) is 0 Å². The summed E-state index contributed by atoms with van der Waals surface area (Å²) in [5.74, 6) is 0.352. The van der Waals surface area contributed by atoms with Gasteiger partial charge in [0, 0.05) is 46.7 Å². The molecule has 1 atom stereocenters. The molecule has 4 amide bonds. The number of rotatable bonds is 12. The largest absolute Gasteiger partial charge is 0.453 e. The highest BCUT2D eigenvalue weighted by atomic mass is 16.5. The van der Waals surface area contributed by atoms with Crippen molar-refractivity contribution < 1.29 is 28.7 Å². The number of likely N-dealkylation sites (tertiary alicyclic amines) is 1. The number of alkyl carbamates (subject to hydrolysis) is 2. The fourth-order valence-corrected chi connectivity index (χ4v) is 6.77. The van der Waals surface area contributed by atoms with Crippen molar-refractivity contribution in [1.29, 1.82) is 0 Å². The standard InChI is InChI=1S/C38H44N8O6.2C3H8/c1-5-16-45(33(47)20-40-37(49)51-3)22-26-12-15-30(43-26)28-14-13-27(35-29(28)18-23(2)42-35)24-8-10-25(11-9-24)31-19-39-36(44-31)32-7-6-17-46(32)34(48)21-41-38(50)52-4;2*1-3-2/h8-15,18-19,32,42-43H,5-7,16-17,20-22H2,1-4H3,(H,39,44)(H,40,49)(H,41,50);2*3H2,1-2H3/t32-;;/m0../s1. The van der Waals surface area contributed by atoms with E-state index < -0.39 is 12.2 Å². The van der Waals surface area contributed by atoms with Crippen LogP contribution in [0, 0.1) is 6.92 Å². The second kappa shape index (κ2) is 22.0. The van der Waals surface area contributed by atoms with Crippen LogP contribution in [0.2, 0.25) is 0 Å². The summed E-state index contributed by atoms with van der Waals surface area (Å²) in [4.78, 5) is 67.1. The monoisotopic (exact) mass is 796 g/mol. The molecule has 1 saturated heterocycles. The van der Waals surface area contributed by atoms with E-state index in [9.17, 15) is 19.2 Å². The van der Waals surface area contributed by atoms with Gasteiger partial charge >= 0.3 is 12.2 Å². The molecule has 6 rings (SSSR count). The molecular weight excluding hydrogens is 737 g/mol. The van der Waals surface area contributed by atoms with Crippen LogP contribution in [0.15, 0.2) is 60.8 Å². The second-order valence-corrected chi connectivity index (χ2v) is 14.2. The third-order valence-corrected chi connectivity index (χ3v) is 9.30. The molecule has 1 fully saturated rings. The molecule has 58 heavy (non-hydrogen) atoms. The number of benzene rings is 2. The van der Waals surface area contributed by atoms with Crippen LogP contribution in [-0.4, -0.2) is 94.1 Å². The van der Waals surface area contributed by atoms with Gasteiger partial charge in [-0.05, 0) is 55.5 Å². The number of aromatic amines is 3. The molecule has 1 aliphatic heterocycles. The van der Waals surface area contributed by atoms with Gasteiger partial charge in [-0.25, -0.2) is 14.6 Å². The van der Waals surface area contributed by atoms with Crippen molar-refractivity contribution in [3.63, 3.8) is 0 Å². The lowest BCUT2D eigenvalue weighted by Gasteiger charge is -2.23. The van der Waals surface area contributed by atoms with Gasteiger partial charge in [0.15, 0.2) is 0 Å². The first-order valence-electron chi connectivity index (χ1n) is 20.2. The fourth-order valence-electron chi connectivity index (χ4n) is 6.77. The topological polar surface area (TPSA) is 178 Å². The zero-order chi connectivity index (χ0) is 42.2. The number of hydrogen-bond acceptors (Lipinski definition) is 7. The van der Waals surface area contributed by atoms with E-state index in [2.05, 4.69) is 110 Å². The van der Waals surface area contributed by atoms with Gasteiger partial charge in [-0.3, -0.25) is 9.59 Å². The molecule has 0 saturated carbocycles. The zero-order valence-electron chi connectivity index (χ0n) is 35.2. The first-order chi connectivity index (χ1) is 28.0. The second-order valence-electron chi connectivity index (χ2n) is 14.2. The number of aryl methyl sites for hydroxylation is 1. The SMILES string of the molecule is CCC.CCC.CCCN(Cc1ccc(-c2ccc(-c3ccc(-c4cnc([C@@H]5CCCN5C(=O)CNC(=O)OC)[nH]4)cc3)c3[nH]c(C)cc23)[nH]1)C(=O)CNC(=O)OC. The molecule has 14 heteroatoms. The van der Waals surface area contributed by atoms with Crippen LogP contribution in [0.5, 0.6) is 0 Å². The summed E-state index contributed by atoms with van der Waals surface area (Å²) in [7, 11) is 2.53. The van der Waals surface area contributed by atoms with E-state index in [0.717, 1.165) is 81.0 Å². The molecule has 5 N–H and O–H groups in total. The molecule has 1 aliphatic rings. The number of amides is 4. The Morgan fingerprint density at radius 3 is 2.10 bits per heavy atom. The summed E-state index contributed by atoms with van der Waals surface area (Å²) in [6.45, 7) is 13.8. The van der Waals surface area contributed by atoms with Gasteiger partial charge in [0.2, 0.25) is 11.8 Å². The van der Waals surface area contributed by atoms with E-state index in [-0.39, 0.29) is 30.9 Å². The Labute approximate surface area is 341 Å². The number of fused-ring (bicyclic) bond motifs is 1. The summed E-state index contributed by atoms with van der Waals surface area (Å²) in [6, 6.07) is 18.5. The Morgan fingerprint density at radius 2 is 1.45 bits per heavy atom. The number of carbonyl (C=O) groups excluding carboxylic acids is 4. The van der Waals surface area contributed by atoms with E-state index >= 15 is 0 Å². The summed E-state index contributed by atoms with van der Waals surface area (Å²) in [6.07, 6.45) is 5.44. The lowest BCUT2D eigenvalue weighted by Crippen LogP contribution is -2.40. The molecule has 2 aromatic carbocycles. The number of methoxy groups -OCH3 is 2. The van der Waals surface area contributed by atoms with Gasteiger partial charge in [-0.1, -0.05) is 83.9 Å². The number of H-pyrrole nitrogens is 3. The van der Waals surface area contributed by atoms with E-state index in [4.69, 9.17) is 0 Å². The third kappa shape index (κ3) is 11.5. The molecule has 4 heterocycles. The number of nitrogens with zero attached hydrogens (tertiary/aromatic N) is 3. The predicted octanol–water partition coefficient (Wildman–Crippen LogP) is 8.48. The minimum atomic E-state index is -0.639. The molecule has 0 spiro atoms. The molecule has 3 aromatic heterocycles. The van der Waals surface area contributed by atoms with Crippen molar-refractivity contribution in [2.24, 2.45) is 0 Å². The number of imidazole rings is 1. The van der Waals surface area contributed by atoms with Crippen LogP contribution >= 0.6 is 0 Å². The summed E-state index contributed by atoms with van der Waals surface area (Å²) >= 11 is 0. The summed E-state index contributed by atoms with van der Waals surface area (Å²) in [5, 5.41) is 6.01. The Bertz CT molecular complexity index is 2100. The van der Waals surface area contributed by atoms with Gasteiger partial charge < -0.3 is 44.9 Å². The maximum absolute atomic E-state index is 12.8. The van der Waals surface area contributed by atoms with Crippen LogP contribution in [-0.2, 0) is 25.6 Å². The van der Waals surface area contributed by atoms with Crippen molar-refractivity contribution in [2.45, 2.75) is 86.2 Å². The Balaban J connectivity index is 0.00000117. The molecule has 0 bridgehead atoms. The molecule has 0 unspecified atom stereocenters. The first-order valence-corrected chi connectivity index (χ1v) is 20.2. The average molecular weight is 797 g/mol. The Hall–Kier alpha value is -6.05. The maximum Gasteiger partial charge on any atom is 0.407 e. The van der Waals surface area contributed by atoms with E-state index in [1.165, 1.54) is 27.1 Å². The fraction of sp³-hybridized carbons (Fsp3) is 0.432. The normalized spacial score (nSPS) is 13.2. The van der Waals surface area contributed by atoms with Crippen molar-refractivity contribution in [3.8, 4) is 33.6 Å². The Morgan fingerprint density at radius 1 is 0.810 bits per heavy atom. The smallest absolute Gasteiger partial charge is 0.407 e. The zero-order valence-corrected chi connectivity index (χ0v) is 35.2. The van der Waals surface area contributed by atoms with Crippen molar-refractivity contribution >= 4 is 34.9 Å². The quantitative estimate of drug-likeness (QED) is 0.0841. The minimum Gasteiger partial charge on any atom is -0.453 e. The van der Waals surface area contributed by atoms with Gasteiger partial charge in [-0.15, -0.1) is 0 Å². The van der Waals surface area contributed by atoms with E-state index in [0.29, 0.717) is 19.6 Å². The first kappa shape index (κ1) is 44.7. The third-order valence-electron chi connectivity index (χ3n) is 9.30. The number of hydrogen-bond donors (Lipinski definition) is 5. The van der Waals surface area contributed by atoms with E-state index in [1.807, 2.05) is 26.0 Å². The molecule has 5 aromatic rings. The van der Waals surface area contributed by atoms with Crippen LogP contribution < -0.4 is 10.6 Å². The summed E-state index contributed by atoms with van der Waals surface area (Å²) < 4.78 is 9.18.